The number of ether oxygens (including phenoxy) is 3. The molecule has 6 rings (SSSR count). The van der Waals surface area contributed by atoms with E-state index in [4.69, 9.17) is 14.2 Å². The number of nitrogens with zero attached hydrogens (tertiary/aromatic N) is 2. The molecular formula is C28H26N2O4. The number of hydrogen-bond acceptors (Lipinski definition) is 5. The van der Waals surface area contributed by atoms with E-state index in [2.05, 4.69) is 47.5 Å². The Morgan fingerprint density at radius 2 is 1.79 bits per heavy atom. The summed E-state index contributed by atoms with van der Waals surface area (Å²) < 4.78 is 17.0. The number of benzene rings is 2. The van der Waals surface area contributed by atoms with Crippen molar-refractivity contribution < 1.29 is 19.0 Å². The topological polar surface area (TPSA) is 60.9 Å². The van der Waals surface area contributed by atoms with Gasteiger partial charge < -0.3 is 14.2 Å². The van der Waals surface area contributed by atoms with Gasteiger partial charge in [-0.05, 0) is 45.9 Å². The lowest BCUT2D eigenvalue weighted by molar-refractivity contribution is -0.0331. The van der Waals surface area contributed by atoms with Crippen molar-refractivity contribution in [2.24, 2.45) is 0 Å². The molecule has 2 aromatic carbocycles. The average molecular weight is 455 g/mol. The van der Waals surface area contributed by atoms with Crippen molar-refractivity contribution >= 4 is 11.7 Å². The van der Waals surface area contributed by atoms with Crippen molar-refractivity contribution in [2.45, 2.75) is 24.4 Å². The minimum atomic E-state index is -0.275. The summed E-state index contributed by atoms with van der Waals surface area (Å²) in [6.07, 6.45) is 4.29. The number of methoxy groups -OCH3 is 1. The molecule has 0 spiro atoms. The van der Waals surface area contributed by atoms with Crippen molar-refractivity contribution in [1.82, 2.24) is 9.88 Å². The summed E-state index contributed by atoms with van der Waals surface area (Å²) in [7, 11) is 1.61. The second-order valence-corrected chi connectivity index (χ2v) is 8.95. The normalized spacial score (nSPS) is 20.9. The zero-order valence-electron chi connectivity index (χ0n) is 19.0. The molecular weight excluding hydrogens is 428 g/mol. The SMILES string of the molecule is COc1cc(C2=CC3COCC(C2)N3C(=O)OCC2c3ccccc3-c3ccccc32)ccn1. The van der Waals surface area contributed by atoms with Gasteiger partial charge in [0.15, 0.2) is 0 Å². The highest BCUT2D eigenvalue weighted by atomic mass is 16.6. The number of carbonyl (C=O) groups is 1. The van der Waals surface area contributed by atoms with Crippen molar-refractivity contribution in [3.63, 3.8) is 0 Å². The zero-order chi connectivity index (χ0) is 23.1. The number of rotatable bonds is 4. The summed E-state index contributed by atoms with van der Waals surface area (Å²) in [5.74, 6) is 0.631. The van der Waals surface area contributed by atoms with Gasteiger partial charge in [-0.15, -0.1) is 0 Å². The first-order valence-electron chi connectivity index (χ1n) is 11.6. The Bertz CT molecular complexity index is 1230. The van der Waals surface area contributed by atoms with Crippen LogP contribution in [0.3, 0.4) is 0 Å². The van der Waals surface area contributed by atoms with E-state index in [0.717, 1.165) is 5.56 Å². The van der Waals surface area contributed by atoms with Gasteiger partial charge in [0.05, 0.1) is 32.4 Å². The van der Waals surface area contributed by atoms with E-state index in [1.54, 1.807) is 13.3 Å². The Morgan fingerprint density at radius 1 is 1.06 bits per heavy atom. The first kappa shape index (κ1) is 20.9. The average Bonchev–Trinajstić information content (AvgIpc) is 3.20. The summed E-state index contributed by atoms with van der Waals surface area (Å²) >= 11 is 0. The molecule has 6 heteroatoms. The van der Waals surface area contributed by atoms with Gasteiger partial charge in [-0.3, -0.25) is 4.90 Å². The van der Waals surface area contributed by atoms with Crippen molar-refractivity contribution in [1.29, 1.82) is 0 Å². The predicted octanol–water partition coefficient (Wildman–Crippen LogP) is 4.90. The van der Waals surface area contributed by atoms with Crippen LogP contribution in [-0.4, -0.2) is 55.0 Å². The largest absolute Gasteiger partial charge is 0.481 e. The highest BCUT2D eigenvalue weighted by Gasteiger charge is 2.40. The Hall–Kier alpha value is -3.64. The Kier molecular flexibility index (Phi) is 5.30. The smallest absolute Gasteiger partial charge is 0.410 e. The van der Waals surface area contributed by atoms with Crippen LogP contribution in [0.4, 0.5) is 4.79 Å². The first-order chi connectivity index (χ1) is 16.7. The van der Waals surface area contributed by atoms with Crippen molar-refractivity contribution in [2.75, 3.05) is 26.9 Å². The predicted molar refractivity (Wildman–Crippen MR) is 129 cm³/mol. The quantitative estimate of drug-likeness (QED) is 0.561. The fraction of sp³-hybridized carbons (Fsp3) is 0.286. The van der Waals surface area contributed by atoms with E-state index in [-0.39, 0.29) is 24.1 Å². The highest BCUT2D eigenvalue weighted by molar-refractivity contribution is 5.79. The molecule has 2 bridgehead atoms. The summed E-state index contributed by atoms with van der Waals surface area (Å²) in [6.45, 7) is 1.29. The molecule has 0 saturated carbocycles. The highest BCUT2D eigenvalue weighted by Crippen LogP contribution is 2.44. The van der Waals surface area contributed by atoms with E-state index in [1.807, 2.05) is 29.2 Å². The summed E-state index contributed by atoms with van der Waals surface area (Å²) in [4.78, 5) is 19.4. The molecule has 1 saturated heterocycles. The van der Waals surface area contributed by atoms with Gasteiger partial charge in [-0.2, -0.15) is 0 Å². The third kappa shape index (κ3) is 3.55. The molecule has 0 radical (unpaired) electrons. The van der Waals surface area contributed by atoms with Crippen LogP contribution in [0.1, 0.15) is 29.0 Å². The Labute approximate surface area is 198 Å². The molecule has 2 atom stereocenters. The van der Waals surface area contributed by atoms with Crippen LogP contribution in [0.5, 0.6) is 5.88 Å². The molecule has 1 fully saturated rings. The summed E-state index contributed by atoms with van der Waals surface area (Å²) in [5, 5.41) is 0. The van der Waals surface area contributed by atoms with Crippen LogP contribution in [-0.2, 0) is 9.47 Å². The van der Waals surface area contributed by atoms with E-state index in [9.17, 15) is 4.79 Å². The molecule has 34 heavy (non-hydrogen) atoms. The molecule has 3 heterocycles. The van der Waals surface area contributed by atoms with Crippen LogP contribution in [0.25, 0.3) is 16.7 Å². The van der Waals surface area contributed by atoms with Crippen LogP contribution in [0, 0.1) is 0 Å². The number of fused-ring (bicyclic) bond motifs is 5. The lowest BCUT2D eigenvalue weighted by atomic mass is 9.90. The van der Waals surface area contributed by atoms with Gasteiger partial charge in [-0.25, -0.2) is 9.78 Å². The first-order valence-corrected chi connectivity index (χ1v) is 11.6. The van der Waals surface area contributed by atoms with E-state index < -0.39 is 0 Å². The molecule has 1 aliphatic carbocycles. The standard InChI is InChI=1S/C28H26N2O4/c1-32-27-14-18(10-11-29-27)19-12-20-15-33-16-21(13-19)30(20)28(31)34-17-26-24-8-4-2-6-22(24)23-7-3-5-9-25(23)26/h2-12,14,20-21,26H,13,15-17H2,1H3. The third-order valence-corrected chi connectivity index (χ3v) is 7.06. The summed E-state index contributed by atoms with van der Waals surface area (Å²) in [6, 6.07) is 20.5. The van der Waals surface area contributed by atoms with Crippen LogP contribution >= 0.6 is 0 Å². The van der Waals surface area contributed by atoms with E-state index >= 15 is 0 Å². The molecule has 3 aliphatic rings. The minimum absolute atomic E-state index is 0.0487. The fourth-order valence-corrected chi connectivity index (χ4v) is 5.48. The number of pyridine rings is 1. The maximum absolute atomic E-state index is 13.3. The number of hydrogen-bond donors (Lipinski definition) is 0. The second-order valence-electron chi connectivity index (χ2n) is 8.95. The zero-order valence-corrected chi connectivity index (χ0v) is 19.0. The summed E-state index contributed by atoms with van der Waals surface area (Å²) in [5.41, 5.74) is 7.13. The van der Waals surface area contributed by atoms with E-state index in [1.165, 1.54) is 27.8 Å². The van der Waals surface area contributed by atoms with Gasteiger partial charge in [0.1, 0.15) is 6.61 Å². The van der Waals surface area contributed by atoms with Crippen LogP contribution < -0.4 is 4.74 Å². The van der Waals surface area contributed by atoms with Crippen LogP contribution in [0.15, 0.2) is 72.9 Å². The molecule has 1 aromatic heterocycles. The molecule has 1 amide bonds. The molecule has 172 valence electrons. The number of carbonyl (C=O) groups excluding carboxylic acids is 1. The third-order valence-electron chi connectivity index (χ3n) is 7.06. The molecule has 0 N–H and O–H groups in total. The van der Waals surface area contributed by atoms with E-state index in [0.29, 0.717) is 32.1 Å². The second kappa shape index (κ2) is 8.61. The lowest BCUT2D eigenvalue weighted by Crippen LogP contribution is -2.56. The maximum atomic E-state index is 13.3. The van der Waals surface area contributed by atoms with Crippen LogP contribution in [0.2, 0.25) is 0 Å². The Morgan fingerprint density at radius 3 is 2.50 bits per heavy atom. The van der Waals surface area contributed by atoms with Crippen molar-refractivity contribution in [3.05, 3.63) is 89.6 Å². The van der Waals surface area contributed by atoms with Gasteiger partial charge in [0.2, 0.25) is 5.88 Å². The molecule has 2 unspecified atom stereocenters. The lowest BCUT2D eigenvalue weighted by Gasteiger charge is -2.44. The van der Waals surface area contributed by atoms with Gasteiger partial charge in [-0.1, -0.05) is 54.6 Å². The molecule has 3 aromatic rings. The number of aromatic nitrogens is 1. The van der Waals surface area contributed by atoms with Gasteiger partial charge in [0, 0.05) is 18.2 Å². The van der Waals surface area contributed by atoms with Gasteiger partial charge >= 0.3 is 6.09 Å². The number of morpholine rings is 1. The number of amides is 1. The van der Waals surface area contributed by atoms with Gasteiger partial charge in [0.25, 0.3) is 0 Å². The maximum Gasteiger partial charge on any atom is 0.410 e. The monoisotopic (exact) mass is 454 g/mol. The fourth-order valence-electron chi connectivity index (χ4n) is 5.48. The minimum Gasteiger partial charge on any atom is -0.481 e. The van der Waals surface area contributed by atoms with Crippen molar-refractivity contribution in [3.8, 4) is 17.0 Å². The Balaban J connectivity index is 1.22. The molecule has 2 aliphatic heterocycles. The molecule has 6 nitrogen and oxygen atoms in total.